The zero-order chi connectivity index (χ0) is 20.6. The zero-order valence-corrected chi connectivity index (χ0v) is 17.8. The lowest BCUT2D eigenvalue weighted by molar-refractivity contribution is -0.137. The molecule has 1 aromatic carbocycles. The number of aromatic nitrogens is 1. The van der Waals surface area contributed by atoms with E-state index in [0.29, 0.717) is 23.5 Å². The van der Waals surface area contributed by atoms with Crippen molar-refractivity contribution in [2.45, 2.75) is 39.3 Å². The first-order valence-corrected chi connectivity index (χ1v) is 10.5. The van der Waals surface area contributed by atoms with Crippen molar-refractivity contribution in [1.82, 2.24) is 9.88 Å². The molecule has 0 bridgehead atoms. The molecule has 5 nitrogen and oxygen atoms in total. The molecule has 1 N–H and O–H groups in total. The van der Waals surface area contributed by atoms with Gasteiger partial charge in [0.1, 0.15) is 5.82 Å². The number of hydrogen-bond acceptors (Lipinski definition) is 5. The Morgan fingerprint density at radius 3 is 2.69 bits per heavy atom. The number of carbonyl (C=O) groups excluding carboxylic acids is 1. The molecule has 0 radical (unpaired) electrons. The van der Waals surface area contributed by atoms with E-state index in [0.717, 1.165) is 38.0 Å². The lowest BCUT2D eigenvalue weighted by Gasteiger charge is -2.32. The first kappa shape index (κ1) is 21.3. The van der Waals surface area contributed by atoms with Crippen molar-refractivity contribution in [3.05, 3.63) is 64.3 Å². The van der Waals surface area contributed by atoms with Crippen molar-refractivity contribution >= 4 is 29.5 Å². The van der Waals surface area contributed by atoms with Gasteiger partial charge in [-0.05, 0) is 50.0 Å². The van der Waals surface area contributed by atoms with E-state index in [1.807, 2.05) is 0 Å². The summed E-state index contributed by atoms with van der Waals surface area (Å²) >= 11 is 6.39. The number of nitrogens with one attached hydrogen (secondary N) is 1. The molecular formula is C23H28ClN3O2. The number of likely N-dealkylation sites (tertiary alicyclic amines) is 1. The van der Waals surface area contributed by atoms with Crippen LogP contribution < -0.4 is 5.32 Å². The fourth-order valence-electron chi connectivity index (χ4n) is 3.39. The van der Waals surface area contributed by atoms with Crippen LogP contribution >= 0.6 is 11.6 Å². The smallest absolute Gasteiger partial charge is 0.330 e. The summed E-state index contributed by atoms with van der Waals surface area (Å²) in [5.41, 5.74) is 3.42. The molecule has 2 aromatic rings. The number of piperidine rings is 1. The normalized spacial score (nSPS) is 15.6. The molecule has 1 aromatic heterocycles. The topological polar surface area (TPSA) is 54.5 Å². The monoisotopic (exact) mass is 413 g/mol. The zero-order valence-electron chi connectivity index (χ0n) is 17.0. The van der Waals surface area contributed by atoms with Crippen molar-refractivity contribution in [2.75, 3.05) is 25.0 Å². The van der Waals surface area contributed by atoms with Gasteiger partial charge in [0.15, 0.2) is 0 Å². The van der Waals surface area contributed by atoms with Gasteiger partial charge in [0.05, 0.1) is 11.6 Å². The predicted octanol–water partition coefficient (Wildman–Crippen LogP) is 4.70. The molecule has 3 rings (SSSR count). The molecule has 0 aliphatic carbocycles. The second kappa shape index (κ2) is 10.4. The van der Waals surface area contributed by atoms with Gasteiger partial charge in [-0.15, -0.1) is 0 Å². The second-order valence-corrected chi connectivity index (χ2v) is 7.77. The highest BCUT2D eigenvalue weighted by atomic mass is 35.5. The third-order valence-electron chi connectivity index (χ3n) is 5.02. The Labute approximate surface area is 177 Å². The Morgan fingerprint density at radius 2 is 2.03 bits per heavy atom. The number of benzene rings is 1. The van der Waals surface area contributed by atoms with E-state index in [4.69, 9.17) is 16.3 Å². The van der Waals surface area contributed by atoms with E-state index in [9.17, 15) is 4.79 Å². The minimum absolute atomic E-state index is 0.356. The lowest BCUT2D eigenvalue weighted by atomic mass is 10.0. The number of hydrogen-bond donors (Lipinski definition) is 1. The minimum Gasteiger partial charge on any atom is -0.463 e. The van der Waals surface area contributed by atoms with E-state index in [-0.39, 0.29) is 5.97 Å². The predicted molar refractivity (Wildman–Crippen MR) is 118 cm³/mol. The largest absolute Gasteiger partial charge is 0.463 e. The molecule has 1 saturated heterocycles. The summed E-state index contributed by atoms with van der Waals surface area (Å²) in [7, 11) is 0. The number of nitrogens with zero attached hydrogens (tertiary/aromatic N) is 2. The van der Waals surface area contributed by atoms with Gasteiger partial charge in [0.25, 0.3) is 0 Å². The Kier molecular flexibility index (Phi) is 7.67. The fraction of sp³-hybridized carbons (Fsp3) is 0.391. The fourth-order valence-corrected chi connectivity index (χ4v) is 3.61. The van der Waals surface area contributed by atoms with Gasteiger partial charge in [-0.3, -0.25) is 4.90 Å². The van der Waals surface area contributed by atoms with E-state index >= 15 is 0 Å². The van der Waals surface area contributed by atoms with Gasteiger partial charge in [0, 0.05) is 37.9 Å². The first-order chi connectivity index (χ1) is 14.0. The van der Waals surface area contributed by atoms with Gasteiger partial charge < -0.3 is 10.1 Å². The van der Waals surface area contributed by atoms with Crippen molar-refractivity contribution in [2.24, 2.45) is 0 Å². The molecule has 0 amide bonds. The van der Waals surface area contributed by atoms with Gasteiger partial charge in [-0.25, -0.2) is 9.78 Å². The van der Waals surface area contributed by atoms with Crippen LogP contribution in [0.25, 0.3) is 6.08 Å². The molecule has 154 valence electrons. The molecular weight excluding hydrogens is 386 g/mol. The van der Waals surface area contributed by atoms with Crippen LogP contribution in [0.3, 0.4) is 0 Å². The molecule has 1 aliphatic heterocycles. The Bertz CT molecular complexity index is 844. The summed E-state index contributed by atoms with van der Waals surface area (Å²) < 4.78 is 4.87. The standard InChI is InChI=1S/C23H28ClN3O2/c1-3-29-22(28)9-8-19-14-21(24)23(25-15-19)26-20-10-12-27(13-11-20)16-18-6-4-17(2)5-7-18/h4-9,14-15,20H,3,10-13,16H2,1-2H3,(H,25,26)/b9-8+. The summed E-state index contributed by atoms with van der Waals surface area (Å²) in [5.74, 6) is 0.320. The highest BCUT2D eigenvalue weighted by Crippen LogP contribution is 2.24. The molecule has 29 heavy (non-hydrogen) atoms. The van der Waals surface area contributed by atoms with Gasteiger partial charge in [-0.2, -0.15) is 0 Å². The quantitative estimate of drug-likeness (QED) is 0.526. The third kappa shape index (κ3) is 6.58. The van der Waals surface area contributed by atoms with Crippen LogP contribution in [0, 0.1) is 6.92 Å². The number of aryl methyl sites for hydroxylation is 1. The summed E-state index contributed by atoms with van der Waals surface area (Å²) in [6.45, 7) is 7.33. The Hall–Kier alpha value is -2.37. The molecule has 2 heterocycles. The number of esters is 1. The van der Waals surface area contributed by atoms with Crippen LogP contribution in [-0.4, -0.2) is 41.6 Å². The van der Waals surface area contributed by atoms with E-state index in [2.05, 4.69) is 46.4 Å². The van der Waals surface area contributed by atoms with Crippen LogP contribution in [0.5, 0.6) is 0 Å². The highest BCUT2D eigenvalue weighted by molar-refractivity contribution is 6.33. The van der Waals surface area contributed by atoms with Gasteiger partial charge >= 0.3 is 5.97 Å². The summed E-state index contributed by atoms with van der Waals surface area (Å²) in [4.78, 5) is 18.3. The number of carbonyl (C=O) groups is 1. The maximum atomic E-state index is 11.4. The molecule has 1 aliphatic rings. The number of anilines is 1. The van der Waals surface area contributed by atoms with Crippen molar-refractivity contribution in [3.8, 4) is 0 Å². The number of pyridine rings is 1. The van der Waals surface area contributed by atoms with Crippen molar-refractivity contribution in [3.63, 3.8) is 0 Å². The number of ether oxygens (including phenoxy) is 1. The lowest BCUT2D eigenvalue weighted by Crippen LogP contribution is -2.38. The van der Waals surface area contributed by atoms with Crippen LogP contribution in [0.4, 0.5) is 5.82 Å². The Morgan fingerprint density at radius 1 is 1.31 bits per heavy atom. The molecule has 0 unspecified atom stereocenters. The molecule has 0 spiro atoms. The summed E-state index contributed by atoms with van der Waals surface area (Å²) in [6.07, 6.45) is 6.84. The molecule has 0 saturated carbocycles. The molecule has 1 fully saturated rings. The van der Waals surface area contributed by atoms with E-state index in [1.54, 1.807) is 25.3 Å². The van der Waals surface area contributed by atoms with Gasteiger partial charge in [-0.1, -0.05) is 41.4 Å². The highest BCUT2D eigenvalue weighted by Gasteiger charge is 2.20. The minimum atomic E-state index is -0.372. The maximum Gasteiger partial charge on any atom is 0.330 e. The third-order valence-corrected chi connectivity index (χ3v) is 5.30. The average Bonchev–Trinajstić information content (AvgIpc) is 2.71. The Balaban J connectivity index is 1.49. The van der Waals surface area contributed by atoms with Crippen molar-refractivity contribution in [1.29, 1.82) is 0 Å². The van der Waals surface area contributed by atoms with Crippen LogP contribution in [0.15, 0.2) is 42.6 Å². The summed E-state index contributed by atoms with van der Waals surface area (Å²) in [6, 6.07) is 10.9. The van der Waals surface area contributed by atoms with Crippen LogP contribution in [-0.2, 0) is 16.1 Å². The maximum absolute atomic E-state index is 11.4. The van der Waals surface area contributed by atoms with Gasteiger partial charge in [0.2, 0.25) is 0 Å². The van der Waals surface area contributed by atoms with E-state index in [1.165, 1.54) is 17.2 Å². The van der Waals surface area contributed by atoms with Crippen LogP contribution in [0.2, 0.25) is 5.02 Å². The summed E-state index contributed by atoms with van der Waals surface area (Å²) in [5, 5.41) is 4.02. The number of halogens is 1. The van der Waals surface area contributed by atoms with E-state index < -0.39 is 0 Å². The molecule has 6 heteroatoms. The molecule has 0 atom stereocenters. The number of rotatable bonds is 7. The first-order valence-electron chi connectivity index (χ1n) is 10.1. The average molecular weight is 414 g/mol. The SMILES string of the molecule is CCOC(=O)/C=C/c1cnc(NC2CCN(Cc3ccc(C)cc3)CC2)c(Cl)c1. The second-order valence-electron chi connectivity index (χ2n) is 7.36. The van der Waals surface area contributed by atoms with Crippen molar-refractivity contribution < 1.29 is 9.53 Å². The van der Waals surface area contributed by atoms with Crippen LogP contribution in [0.1, 0.15) is 36.5 Å².